The number of hydrogen-bond donors (Lipinski definition) is 0. The molecular formula is C20H17ClN2O. The molecule has 2 aromatic carbocycles. The monoisotopic (exact) mass is 336 g/mol. The van der Waals surface area contributed by atoms with Gasteiger partial charge >= 0.3 is 0 Å². The van der Waals surface area contributed by atoms with Gasteiger partial charge in [-0.15, -0.1) is 0 Å². The van der Waals surface area contributed by atoms with Crippen molar-refractivity contribution in [2.45, 2.75) is 18.8 Å². The third-order valence-electron chi connectivity index (χ3n) is 4.65. The van der Waals surface area contributed by atoms with Crippen LogP contribution in [-0.4, -0.2) is 17.4 Å². The maximum absolute atomic E-state index is 13.1. The first-order chi connectivity index (χ1) is 11.7. The molecule has 1 aliphatic rings. The Morgan fingerprint density at radius 1 is 1.04 bits per heavy atom. The van der Waals surface area contributed by atoms with Gasteiger partial charge in [-0.2, -0.15) is 0 Å². The van der Waals surface area contributed by atoms with E-state index in [9.17, 15) is 4.79 Å². The van der Waals surface area contributed by atoms with Gasteiger partial charge in [0.25, 0.3) is 0 Å². The highest BCUT2D eigenvalue weighted by atomic mass is 35.5. The van der Waals surface area contributed by atoms with Gasteiger partial charge in [0.2, 0.25) is 5.91 Å². The van der Waals surface area contributed by atoms with Crippen LogP contribution in [0, 0.1) is 0 Å². The number of carbonyl (C=O) groups excluding carboxylic acids is 1. The Balaban J connectivity index is 1.73. The van der Waals surface area contributed by atoms with E-state index in [-0.39, 0.29) is 11.8 Å². The number of fused-ring (bicyclic) bond motifs is 1. The summed E-state index contributed by atoms with van der Waals surface area (Å²) in [7, 11) is 0. The lowest BCUT2D eigenvalue weighted by molar-refractivity contribution is -0.121. The lowest BCUT2D eigenvalue weighted by Crippen LogP contribution is -2.40. The second kappa shape index (κ2) is 6.25. The number of nitrogens with zero attached hydrogens (tertiary/aromatic N) is 2. The second-order valence-electron chi connectivity index (χ2n) is 6.12. The molecule has 1 aromatic heterocycles. The molecule has 3 nitrogen and oxygen atoms in total. The first-order valence-electron chi connectivity index (χ1n) is 8.13. The zero-order valence-corrected chi connectivity index (χ0v) is 13.9. The summed E-state index contributed by atoms with van der Waals surface area (Å²) in [4.78, 5) is 19.3. The number of anilines is 1. The maximum Gasteiger partial charge on any atom is 0.234 e. The van der Waals surface area contributed by atoms with Gasteiger partial charge < -0.3 is 4.90 Å². The fourth-order valence-electron chi connectivity index (χ4n) is 3.43. The molecule has 1 unspecified atom stereocenters. The third-order valence-corrected chi connectivity index (χ3v) is 4.90. The Kier molecular flexibility index (Phi) is 3.95. The molecule has 0 bridgehead atoms. The topological polar surface area (TPSA) is 33.2 Å². The van der Waals surface area contributed by atoms with Crippen LogP contribution in [0.2, 0.25) is 5.02 Å². The molecule has 0 spiro atoms. The van der Waals surface area contributed by atoms with Crippen molar-refractivity contribution in [1.82, 2.24) is 4.98 Å². The summed E-state index contributed by atoms with van der Waals surface area (Å²) >= 11 is 5.97. The number of amides is 1. The van der Waals surface area contributed by atoms with E-state index in [1.54, 1.807) is 6.20 Å². The molecule has 0 N–H and O–H groups in total. The first kappa shape index (κ1) is 15.2. The van der Waals surface area contributed by atoms with Crippen LogP contribution in [0.25, 0.3) is 10.8 Å². The summed E-state index contributed by atoms with van der Waals surface area (Å²) in [6.07, 6.45) is 5.48. The van der Waals surface area contributed by atoms with Crippen molar-refractivity contribution in [2.24, 2.45) is 0 Å². The van der Waals surface area contributed by atoms with Gasteiger partial charge in [-0.1, -0.05) is 48.0 Å². The lowest BCUT2D eigenvalue weighted by atomic mass is 9.89. The summed E-state index contributed by atoms with van der Waals surface area (Å²) in [5.74, 6) is 0.0247. The quantitative estimate of drug-likeness (QED) is 0.673. The number of carbonyl (C=O) groups is 1. The minimum absolute atomic E-state index is 0.116. The smallest absolute Gasteiger partial charge is 0.234 e. The van der Waals surface area contributed by atoms with Crippen LogP contribution in [0.1, 0.15) is 24.3 Å². The Morgan fingerprint density at radius 3 is 2.67 bits per heavy atom. The van der Waals surface area contributed by atoms with Gasteiger partial charge in [-0.3, -0.25) is 9.78 Å². The molecule has 2 heterocycles. The summed E-state index contributed by atoms with van der Waals surface area (Å²) in [6, 6.07) is 15.7. The van der Waals surface area contributed by atoms with Gasteiger partial charge in [0.15, 0.2) is 0 Å². The van der Waals surface area contributed by atoms with Crippen LogP contribution in [0.3, 0.4) is 0 Å². The SMILES string of the molecule is O=C1C(c2ccc(Cl)cc2)CCCN1c1cncc2ccccc12. The number of rotatable bonds is 2. The summed E-state index contributed by atoms with van der Waals surface area (Å²) in [5, 5.41) is 2.81. The molecule has 0 aliphatic carbocycles. The molecule has 3 aromatic rings. The van der Waals surface area contributed by atoms with Crippen molar-refractivity contribution in [1.29, 1.82) is 0 Å². The van der Waals surface area contributed by atoms with Crippen molar-refractivity contribution >= 4 is 34.0 Å². The van der Waals surface area contributed by atoms with E-state index >= 15 is 0 Å². The van der Waals surface area contributed by atoms with Gasteiger partial charge in [0.1, 0.15) is 0 Å². The zero-order chi connectivity index (χ0) is 16.5. The molecule has 120 valence electrons. The normalized spacial score (nSPS) is 18.1. The van der Waals surface area contributed by atoms with Gasteiger partial charge in [0.05, 0.1) is 17.8 Å². The van der Waals surface area contributed by atoms with Gasteiger partial charge in [-0.25, -0.2) is 0 Å². The Bertz CT molecular complexity index is 886. The molecule has 1 fully saturated rings. The predicted molar refractivity (Wildman–Crippen MR) is 97.5 cm³/mol. The average molecular weight is 337 g/mol. The van der Waals surface area contributed by atoms with Crippen LogP contribution in [0.15, 0.2) is 60.9 Å². The van der Waals surface area contributed by atoms with Crippen molar-refractivity contribution in [2.75, 3.05) is 11.4 Å². The Labute approximate surface area is 145 Å². The summed E-state index contributed by atoms with van der Waals surface area (Å²) in [6.45, 7) is 0.735. The lowest BCUT2D eigenvalue weighted by Gasteiger charge is -2.33. The molecule has 4 heteroatoms. The van der Waals surface area contributed by atoms with Crippen molar-refractivity contribution < 1.29 is 4.79 Å². The maximum atomic E-state index is 13.1. The summed E-state index contributed by atoms with van der Waals surface area (Å²) in [5.41, 5.74) is 1.93. The number of benzene rings is 2. The molecule has 0 radical (unpaired) electrons. The number of piperidine rings is 1. The number of pyridine rings is 1. The van der Waals surface area contributed by atoms with Crippen molar-refractivity contribution in [3.8, 4) is 0 Å². The fraction of sp³-hybridized carbons (Fsp3) is 0.200. The van der Waals surface area contributed by atoms with E-state index in [0.29, 0.717) is 5.02 Å². The molecule has 1 saturated heterocycles. The predicted octanol–water partition coefficient (Wildman–Crippen LogP) is 4.80. The van der Waals surface area contributed by atoms with Crippen LogP contribution >= 0.6 is 11.6 Å². The van der Waals surface area contributed by atoms with E-state index in [1.807, 2.05) is 59.6 Å². The first-order valence-corrected chi connectivity index (χ1v) is 8.51. The zero-order valence-electron chi connectivity index (χ0n) is 13.2. The Hall–Kier alpha value is -2.39. The molecule has 1 atom stereocenters. The second-order valence-corrected chi connectivity index (χ2v) is 6.55. The molecule has 1 amide bonds. The minimum Gasteiger partial charge on any atom is -0.310 e. The third kappa shape index (κ3) is 2.65. The van der Waals surface area contributed by atoms with Crippen molar-refractivity contribution in [3.05, 3.63) is 71.5 Å². The summed E-state index contributed by atoms with van der Waals surface area (Å²) < 4.78 is 0. The van der Waals surface area contributed by atoms with Crippen LogP contribution in [0.5, 0.6) is 0 Å². The highest BCUT2D eigenvalue weighted by Gasteiger charge is 2.31. The van der Waals surface area contributed by atoms with Crippen LogP contribution < -0.4 is 4.90 Å². The van der Waals surface area contributed by atoms with E-state index < -0.39 is 0 Å². The van der Waals surface area contributed by atoms with Crippen LogP contribution in [-0.2, 0) is 4.79 Å². The van der Waals surface area contributed by atoms with Gasteiger partial charge in [-0.05, 0) is 30.5 Å². The van der Waals surface area contributed by atoms with E-state index in [4.69, 9.17) is 11.6 Å². The molecule has 1 aliphatic heterocycles. The molecule has 24 heavy (non-hydrogen) atoms. The number of halogens is 1. The molecule has 0 saturated carbocycles. The van der Waals surface area contributed by atoms with Crippen molar-refractivity contribution in [3.63, 3.8) is 0 Å². The molecule has 4 rings (SSSR count). The largest absolute Gasteiger partial charge is 0.310 e. The van der Waals surface area contributed by atoms with Crippen LogP contribution in [0.4, 0.5) is 5.69 Å². The number of aromatic nitrogens is 1. The minimum atomic E-state index is -0.116. The molecular weight excluding hydrogens is 320 g/mol. The highest BCUT2D eigenvalue weighted by molar-refractivity contribution is 6.30. The standard InChI is InChI=1S/C20H17ClN2O/c21-16-9-7-14(8-10-16)18-6-3-11-23(20(18)24)19-13-22-12-15-4-1-2-5-17(15)19/h1-2,4-5,7-10,12-13,18H,3,6,11H2. The fourth-order valence-corrected chi connectivity index (χ4v) is 3.56. The number of hydrogen-bond acceptors (Lipinski definition) is 2. The van der Waals surface area contributed by atoms with E-state index in [1.165, 1.54) is 0 Å². The van der Waals surface area contributed by atoms with Gasteiger partial charge in [0, 0.05) is 28.5 Å². The van der Waals surface area contributed by atoms with E-state index in [0.717, 1.165) is 41.4 Å². The average Bonchev–Trinajstić information content (AvgIpc) is 2.62. The Morgan fingerprint density at radius 2 is 1.83 bits per heavy atom. The van der Waals surface area contributed by atoms with E-state index in [2.05, 4.69) is 4.98 Å². The highest BCUT2D eigenvalue weighted by Crippen LogP contribution is 2.34.